The first kappa shape index (κ1) is 16.9. The van der Waals surface area contributed by atoms with Crippen molar-refractivity contribution in [1.82, 2.24) is 4.72 Å². The summed E-state index contributed by atoms with van der Waals surface area (Å²) in [6.07, 6.45) is 5.10. The van der Waals surface area contributed by atoms with Crippen LogP contribution in [0.4, 0.5) is 0 Å². The van der Waals surface area contributed by atoms with Crippen LogP contribution in [0.25, 0.3) is 0 Å². The topological polar surface area (TPSA) is 72.2 Å². The number of hydrogen-bond acceptors (Lipinski definition) is 3. The van der Waals surface area contributed by atoms with Crippen LogP contribution in [0.3, 0.4) is 0 Å². The van der Waals surface area contributed by atoms with Crippen LogP contribution in [0.1, 0.15) is 50.2 Å². The Bertz CT molecular complexity index is 623. The molecule has 1 fully saturated rings. The molecule has 0 aliphatic heterocycles. The third kappa shape index (κ3) is 3.86. The number of sulfonamides is 1. The Hall–Kier alpha value is -0.430. The average molecular weight is 375 g/mol. The van der Waals surface area contributed by atoms with Crippen molar-refractivity contribution >= 4 is 26.0 Å². The van der Waals surface area contributed by atoms with Crippen LogP contribution in [0.5, 0.6) is 0 Å². The van der Waals surface area contributed by atoms with E-state index in [4.69, 9.17) is 5.73 Å². The van der Waals surface area contributed by atoms with Crippen LogP contribution >= 0.6 is 15.9 Å². The number of halogens is 1. The molecule has 2 rings (SSSR count). The Morgan fingerprint density at radius 3 is 2.48 bits per heavy atom. The standard InChI is InChI=1S/C15H23BrN2O2S/c1-11-8-12(10-17)9-13(14(11)16)21(19,20)18-15(2)6-4-3-5-7-15/h8-9,18H,3-7,10,17H2,1-2H3. The van der Waals surface area contributed by atoms with Gasteiger partial charge in [0.2, 0.25) is 10.0 Å². The number of benzene rings is 1. The van der Waals surface area contributed by atoms with E-state index in [1.807, 2.05) is 19.9 Å². The van der Waals surface area contributed by atoms with Crippen molar-refractivity contribution in [2.24, 2.45) is 5.73 Å². The maximum absolute atomic E-state index is 12.8. The summed E-state index contributed by atoms with van der Waals surface area (Å²) in [7, 11) is -3.56. The van der Waals surface area contributed by atoms with Gasteiger partial charge in [0, 0.05) is 16.6 Å². The summed E-state index contributed by atoms with van der Waals surface area (Å²) in [6, 6.07) is 3.57. The lowest BCUT2D eigenvalue weighted by Crippen LogP contribution is -2.47. The van der Waals surface area contributed by atoms with Crippen LogP contribution < -0.4 is 10.5 Å². The molecular weight excluding hydrogens is 352 g/mol. The lowest BCUT2D eigenvalue weighted by Gasteiger charge is -2.34. The monoisotopic (exact) mass is 374 g/mol. The number of nitrogens with one attached hydrogen (secondary N) is 1. The van der Waals surface area contributed by atoms with Gasteiger partial charge in [-0.25, -0.2) is 13.1 Å². The van der Waals surface area contributed by atoms with Crippen molar-refractivity contribution in [1.29, 1.82) is 0 Å². The molecule has 4 nitrogen and oxygen atoms in total. The molecule has 1 aliphatic carbocycles. The van der Waals surface area contributed by atoms with Gasteiger partial charge >= 0.3 is 0 Å². The molecule has 0 spiro atoms. The normalized spacial score (nSPS) is 18.7. The second-order valence-corrected chi connectivity index (χ2v) is 8.60. The van der Waals surface area contributed by atoms with Crippen molar-refractivity contribution < 1.29 is 8.42 Å². The minimum absolute atomic E-state index is 0.287. The highest BCUT2D eigenvalue weighted by molar-refractivity contribution is 9.10. The van der Waals surface area contributed by atoms with Gasteiger partial charge in [-0.05, 0) is 59.8 Å². The van der Waals surface area contributed by atoms with Crippen LogP contribution in [0, 0.1) is 6.92 Å². The van der Waals surface area contributed by atoms with E-state index in [1.165, 1.54) is 6.42 Å². The van der Waals surface area contributed by atoms with Crippen LogP contribution in [-0.2, 0) is 16.6 Å². The molecule has 0 saturated heterocycles. The van der Waals surface area contributed by atoms with Gasteiger partial charge < -0.3 is 5.73 Å². The molecule has 0 unspecified atom stereocenters. The Balaban J connectivity index is 2.37. The van der Waals surface area contributed by atoms with Gasteiger partial charge in [-0.3, -0.25) is 0 Å². The summed E-state index contributed by atoms with van der Waals surface area (Å²) >= 11 is 3.40. The zero-order valence-corrected chi connectivity index (χ0v) is 15.0. The summed E-state index contributed by atoms with van der Waals surface area (Å²) < 4.78 is 29.1. The van der Waals surface area contributed by atoms with Gasteiger partial charge in [0.05, 0.1) is 4.90 Å². The SMILES string of the molecule is Cc1cc(CN)cc(S(=O)(=O)NC2(C)CCCCC2)c1Br. The van der Waals surface area contributed by atoms with Crippen LogP contribution in [0.15, 0.2) is 21.5 Å². The van der Waals surface area contributed by atoms with E-state index in [9.17, 15) is 8.42 Å². The zero-order chi connectivity index (χ0) is 15.7. The van der Waals surface area contributed by atoms with Gasteiger partial charge in [-0.15, -0.1) is 0 Å². The maximum atomic E-state index is 12.8. The summed E-state index contributed by atoms with van der Waals surface area (Å²) in [5.74, 6) is 0. The highest BCUT2D eigenvalue weighted by atomic mass is 79.9. The molecule has 1 aliphatic rings. The van der Waals surface area contributed by atoms with Gasteiger partial charge in [0.25, 0.3) is 0 Å². The number of aryl methyl sites for hydroxylation is 1. The highest BCUT2D eigenvalue weighted by Gasteiger charge is 2.33. The molecule has 0 amide bonds. The zero-order valence-electron chi connectivity index (χ0n) is 12.6. The quantitative estimate of drug-likeness (QED) is 0.849. The molecule has 21 heavy (non-hydrogen) atoms. The highest BCUT2D eigenvalue weighted by Crippen LogP contribution is 2.32. The Labute approximate surface area is 135 Å². The van der Waals surface area contributed by atoms with Crippen molar-refractivity contribution in [2.75, 3.05) is 0 Å². The smallest absolute Gasteiger partial charge is 0.242 e. The molecule has 118 valence electrons. The van der Waals surface area contributed by atoms with Crippen molar-refractivity contribution in [3.63, 3.8) is 0 Å². The number of rotatable bonds is 4. The molecule has 0 heterocycles. The lowest BCUT2D eigenvalue weighted by atomic mass is 9.84. The largest absolute Gasteiger partial charge is 0.326 e. The fraction of sp³-hybridized carbons (Fsp3) is 0.600. The van der Waals surface area contributed by atoms with E-state index in [0.29, 0.717) is 11.0 Å². The van der Waals surface area contributed by atoms with E-state index in [1.54, 1.807) is 6.07 Å². The third-order valence-corrected chi connectivity index (χ3v) is 7.12. The van der Waals surface area contributed by atoms with Crippen molar-refractivity contribution in [2.45, 2.75) is 62.9 Å². The van der Waals surface area contributed by atoms with Crippen molar-refractivity contribution in [3.8, 4) is 0 Å². The molecule has 0 aromatic heterocycles. The van der Waals surface area contributed by atoms with Crippen LogP contribution in [0.2, 0.25) is 0 Å². The summed E-state index contributed by atoms with van der Waals surface area (Å²) in [5, 5.41) is 0. The molecule has 0 atom stereocenters. The summed E-state index contributed by atoms with van der Waals surface area (Å²) in [6.45, 7) is 4.20. The number of nitrogens with two attached hydrogens (primary N) is 1. The molecule has 1 aromatic rings. The minimum Gasteiger partial charge on any atom is -0.326 e. The first-order chi connectivity index (χ1) is 9.77. The second kappa shape index (κ2) is 6.36. The summed E-state index contributed by atoms with van der Waals surface area (Å²) in [4.78, 5) is 0.287. The average Bonchev–Trinajstić information content (AvgIpc) is 2.41. The van der Waals surface area contributed by atoms with E-state index < -0.39 is 10.0 Å². The summed E-state index contributed by atoms with van der Waals surface area (Å²) in [5.41, 5.74) is 7.02. The molecule has 0 radical (unpaired) electrons. The van der Waals surface area contributed by atoms with Gasteiger partial charge in [-0.1, -0.05) is 25.3 Å². The molecular formula is C15H23BrN2O2S. The minimum atomic E-state index is -3.56. The van der Waals surface area contributed by atoms with Gasteiger partial charge in [0.1, 0.15) is 0 Å². The molecule has 3 N–H and O–H groups in total. The van der Waals surface area contributed by atoms with Crippen LogP contribution in [-0.4, -0.2) is 14.0 Å². The fourth-order valence-electron chi connectivity index (χ4n) is 2.94. The second-order valence-electron chi connectivity index (χ2n) is 6.16. The Morgan fingerprint density at radius 1 is 1.29 bits per heavy atom. The van der Waals surface area contributed by atoms with E-state index >= 15 is 0 Å². The first-order valence-electron chi connectivity index (χ1n) is 7.30. The predicted octanol–water partition coefficient (Wildman–Crippen LogP) is 3.22. The molecule has 6 heteroatoms. The predicted molar refractivity (Wildman–Crippen MR) is 88.6 cm³/mol. The molecule has 1 aromatic carbocycles. The van der Waals surface area contributed by atoms with Gasteiger partial charge in [-0.2, -0.15) is 0 Å². The first-order valence-corrected chi connectivity index (χ1v) is 9.58. The molecule has 1 saturated carbocycles. The third-order valence-electron chi connectivity index (χ3n) is 4.14. The van der Waals surface area contributed by atoms with E-state index in [2.05, 4.69) is 20.7 Å². The fourth-order valence-corrected chi connectivity index (χ4v) is 5.47. The molecule has 0 bridgehead atoms. The van der Waals surface area contributed by atoms with E-state index in [0.717, 1.165) is 36.8 Å². The Kier molecular flexibility index (Phi) is 5.13. The van der Waals surface area contributed by atoms with Crippen molar-refractivity contribution in [3.05, 3.63) is 27.7 Å². The maximum Gasteiger partial charge on any atom is 0.242 e. The lowest BCUT2D eigenvalue weighted by molar-refractivity contribution is 0.294. The Morgan fingerprint density at radius 2 is 1.90 bits per heavy atom. The van der Waals surface area contributed by atoms with E-state index in [-0.39, 0.29) is 10.4 Å². The number of hydrogen-bond donors (Lipinski definition) is 2. The van der Waals surface area contributed by atoms with Gasteiger partial charge in [0.15, 0.2) is 0 Å².